The molecule has 4 heterocycles. The van der Waals surface area contributed by atoms with Crippen molar-refractivity contribution in [1.82, 2.24) is 14.5 Å². The Labute approximate surface area is 243 Å². The topological polar surface area (TPSA) is 111 Å². The number of aliphatic carboxylic acids is 1. The Bertz CT molecular complexity index is 1610. The predicted octanol–water partition coefficient (Wildman–Crippen LogP) is 6.02. The van der Waals surface area contributed by atoms with E-state index in [0.717, 1.165) is 62.3 Å². The average Bonchev–Trinajstić information content (AvgIpc) is 3.60. The number of nitrogens with two attached hydrogens (primary N) is 1. The third-order valence-electron chi connectivity index (χ3n) is 8.10. The van der Waals surface area contributed by atoms with E-state index < -0.39 is 5.97 Å². The number of morpholine rings is 1. The highest BCUT2D eigenvalue weighted by atomic mass is 32.1. The fraction of sp³-hybridized carbons (Fsp3) is 0.344. The monoisotopic (exact) mass is 570 g/mol. The van der Waals surface area contributed by atoms with E-state index in [0.29, 0.717) is 32.2 Å². The van der Waals surface area contributed by atoms with Crippen molar-refractivity contribution < 1.29 is 19.4 Å². The van der Waals surface area contributed by atoms with Gasteiger partial charge in [-0.05, 0) is 72.4 Å². The van der Waals surface area contributed by atoms with E-state index in [1.165, 1.54) is 36.2 Å². The quantitative estimate of drug-likeness (QED) is 0.263. The van der Waals surface area contributed by atoms with Gasteiger partial charge < -0.3 is 25.0 Å². The molecule has 3 aromatic heterocycles. The molecule has 1 amide bonds. The number of rotatable bonds is 7. The van der Waals surface area contributed by atoms with E-state index in [9.17, 15) is 14.7 Å². The Balaban J connectivity index is 1.46. The molecule has 0 spiro atoms. The van der Waals surface area contributed by atoms with Crippen LogP contribution < -0.4 is 5.73 Å². The van der Waals surface area contributed by atoms with Gasteiger partial charge in [0.15, 0.2) is 0 Å². The zero-order chi connectivity index (χ0) is 28.3. The number of amides is 1. The number of anilines is 1. The minimum absolute atomic E-state index is 0.00707. The summed E-state index contributed by atoms with van der Waals surface area (Å²) < 4.78 is 7.47. The minimum Gasteiger partial charge on any atom is -0.478 e. The molecule has 0 bridgehead atoms. The third kappa shape index (κ3) is 5.92. The highest BCUT2D eigenvalue weighted by molar-refractivity contribution is 7.19. The number of fused-ring (bicyclic) bond motifs is 1. The number of thiophene rings is 1. The molecule has 212 valence electrons. The van der Waals surface area contributed by atoms with Gasteiger partial charge in [-0.25, -0.2) is 9.78 Å². The zero-order valence-corrected chi connectivity index (χ0v) is 23.7. The molecule has 1 aromatic carbocycles. The summed E-state index contributed by atoms with van der Waals surface area (Å²) in [4.78, 5) is 32.8. The lowest BCUT2D eigenvalue weighted by molar-refractivity contribution is -0.136. The summed E-state index contributed by atoms with van der Waals surface area (Å²) in [5, 5.41) is 11.2. The summed E-state index contributed by atoms with van der Waals surface area (Å²) in [7, 11) is 0. The lowest BCUT2D eigenvalue weighted by atomic mass is 9.83. The van der Waals surface area contributed by atoms with Crippen molar-refractivity contribution in [3.63, 3.8) is 0 Å². The van der Waals surface area contributed by atoms with Crippen molar-refractivity contribution in [2.45, 2.75) is 44.6 Å². The summed E-state index contributed by atoms with van der Waals surface area (Å²) in [5.74, 6) is -0.651. The van der Waals surface area contributed by atoms with Crippen LogP contribution in [0, 0.1) is 0 Å². The van der Waals surface area contributed by atoms with Crippen molar-refractivity contribution >= 4 is 45.2 Å². The standard InChI is InChI=1S/C32H34N4O4S/c33-29-12-11-28(41-29)27-10-6-22-18-23(7-9-26(22)34-27)32-25(21-4-2-1-3-5-21)19-24(8-13-31(38)39)36(32)20-30(37)35-14-16-40-17-15-35/h6-13,18-19,21H,1-5,14-17,20,33H2,(H,38,39)/b13-8+. The molecule has 1 saturated carbocycles. The number of pyridine rings is 1. The van der Waals surface area contributed by atoms with E-state index in [-0.39, 0.29) is 12.5 Å². The number of carboxylic acid groups (broad SMARTS) is 1. The first-order valence-corrected chi connectivity index (χ1v) is 15.0. The highest BCUT2D eigenvalue weighted by Gasteiger charge is 2.27. The molecule has 2 fully saturated rings. The van der Waals surface area contributed by atoms with Gasteiger partial charge in [0, 0.05) is 30.2 Å². The lowest BCUT2D eigenvalue weighted by Crippen LogP contribution is -2.42. The Kier molecular flexibility index (Phi) is 7.89. The number of hydrogen-bond acceptors (Lipinski definition) is 6. The Morgan fingerprint density at radius 2 is 1.85 bits per heavy atom. The molecule has 1 aliphatic heterocycles. The van der Waals surface area contributed by atoms with E-state index in [1.54, 1.807) is 6.08 Å². The summed E-state index contributed by atoms with van der Waals surface area (Å²) >= 11 is 1.52. The SMILES string of the molecule is Nc1ccc(-c2ccc3cc(-c4c(C5CCCCC5)cc(/C=C/C(=O)O)n4CC(=O)N4CCOCC4)ccc3n2)s1. The Morgan fingerprint density at radius 1 is 1.05 bits per heavy atom. The molecule has 3 N–H and O–H groups in total. The number of carbonyl (C=O) groups is 2. The number of carboxylic acids is 1. The van der Waals surface area contributed by atoms with Crippen LogP contribution in [-0.4, -0.2) is 57.7 Å². The van der Waals surface area contributed by atoms with Crippen molar-refractivity contribution in [2.75, 3.05) is 32.0 Å². The molecule has 4 aromatic rings. The number of ether oxygens (including phenoxy) is 1. The summed E-state index contributed by atoms with van der Waals surface area (Å²) in [6.45, 7) is 2.31. The van der Waals surface area contributed by atoms with Crippen LogP contribution in [-0.2, 0) is 20.9 Å². The number of hydrogen-bond donors (Lipinski definition) is 2. The zero-order valence-electron chi connectivity index (χ0n) is 22.9. The van der Waals surface area contributed by atoms with Gasteiger partial charge in [0.25, 0.3) is 0 Å². The van der Waals surface area contributed by atoms with Gasteiger partial charge >= 0.3 is 5.97 Å². The fourth-order valence-corrected chi connectivity index (χ4v) is 6.80. The molecule has 0 unspecified atom stereocenters. The van der Waals surface area contributed by atoms with Crippen molar-refractivity contribution in [3.05, 3.63) is 65.9 Å². The van der Waals surface area contributed by atoms with E-state index in [2.05, 4.69) is 24.3 Å². The maximum atomic E-state index is 13.5. The number of nitrogens with zero attached hydrogens (tertiary/aromatic N) is 3. The first kappa shape index (κ1) is 27.2. The number of carbonyl (C=O) groups excluding carboxylic acids is 1. The molecule has 6 rings (SSSR count). The molecule has 2 aliphatic rings. The van der Waals surface area contributed by atoms with Crippen LogP contribution in [0.1, 0.15) is 49.3 Å². The van der Waals surface area contributed by atoms with Crippen LogP contribution in [0.3, 0.4) is 0 Å². The van der Waals surface area contributed by atoms with Crippen LogP contribution in [0.15, 0.2) is 54.6 Å². The van der Waals surface area contributed by atoms with E-state index in [1.807, 2.05) is 33.7 Å². The molecule has 1 aliphatic carbocycles. The second-order valence-corrected chi connectivity index (χ2v) is 11.9. The molecule has 9 heteroatoms. The first-order chi connectivity index (χ1) is 20.0. The second-order valence-electron chi connectivity index (χ2n) is 10.8. The van der Waals surface area contributed by atoms with Gasteiger partial charge in [-0.2, -0.15) is 0 Å². The number of nitrogen functional groups attached to an aromatic ring is 1. The Hall–Kier alpha value is -3.95. The van der Waals surface area contributed by atoms with Crippen LogP contribution in [0.5, 0.6) is 0 Å². The molecule has 0 radical (unpaired) electrons. The number of aromatic nitrogens is 2. The van der Waals surface area contributed by atoms with Gasteiger partial charge in [-0.1, -0.05) is 31.4 Å². The fourth-order valence-electron chi connectivity index (χ4n) is 6.05. The van der Waals surface area contributed by atoms with Gasteiger partial charge in [0.2, 0.25) is 5.91 Å². The molecule has 8 nitrogen and oxygen atoms in total. The minimum atomic E-state index is -1.02. The smallest absolute Gasteiger partial charge is 0.328 e. The largest absolute Gasteiger partial charge is 0.478 e. The molecule has 41 heavy (non-hydrogen) atoms. The average molecular weight is 571 g/mol. The molecular formula is C32H34N4O4S. The normalized spacial score (nSPS) is 16.5. The lowest BCUT2D eigenvalue weighted by Gasteiger charge is -2.28. The van der Waals surface area contributed by atoms with Gasteiger partial charge in [-0.15, -0.1) is 11.3 Å². The maximum Gasteiger partial charge on any atom is 0.328 e. The third-order valence-corrected chi connectivity index (χ3v) is 9.04. The first-order valence-electron chi connectivity index (χ1n) is 14.2. The van der Waals surface area contributed by atoms with Crippen molar-refractivity contribution in [1.29, 1.82) is 0 Å². The van der Waals surface area contributed by atoms with Gasteiger partial charge in [-0.3, -0.25) is 4.79 Å². The van der Waals surface area contributed by atoms with Crippen LogP contribution in [0.2, 0.25) is 0 Å². The van der Waals surface area contributed by atoms with Gasteiger partial charge in [0.1, 0.15) is 6.54 Å². The van der Waals surface area contributed by atoms with E-state index >= 15 is 0 Å². The Morgan fingerprint density at radius 3 is 2.59 bits per heavy atom. The van der Waals surface area contributed by atoms with Gasteiger partial charge in [0.05, 0.1) is 40.0 Å². The summed E-state index contributed by atoms with van der Waals surface area (Å²) in [6, 6.07) is 16.3. The second kappa shape index (κ2) is 11.9. The number of benzene rings is 1. The molecular weight excluding hydrogens is 536 g/mol. The summed E-state index contributed by atoms with van der Waals surface area (Å²) in [5.41, 5.74) is 11.6. The van der Waals surface area contributed by atoms with Crippen molar-refractivity contribution in [2.24, 2.45) is 0 Å². The van der Waals surface area contributed by atoms with Crippen molar-refractivity contribution in [3.8, 4) is 21.8 Å². The van der Waals surface area contributed by atoms with Crippen LogP contribution in [0.25, 0.3) is 38.8 Å². The maximum absolute atomic E-state index is 13.5. The van der Waals surface area contributed by atoms with Crippen LogP contribution in [0.4, 0.5) is 5.00 Å². The van der Waals surface area contributed by atoms with Crippen LogP contribution >= 0.6 is 11.3 Å². The predicted molar refractivity (Wildman–Crippen MR) is 163 cm³/mol. The highest BCUT2D eigenvalue weighted by Crippen LogP contribution is 2.41. The summed E-state index contributed by atoms with van der Waals surface area (Å²) in [6.07, 6.45) is 8.50. The van der Waals surface area contributed by atoms with E-state index in [4.69, 9.17) is 15.5 Å². The molecule has 1 saturated heterocycles. The molecule has 0 atom stereocenters.